The minimum atomic E-state index is -0.901. The number of aliphatic hydroxyl groups excluding tert-OH is 1. The molecule has 1 aromatic carbocycles. The molecule has 2 N–H and O–H groups in total. The van der Waals surface area contributed by atoms with Gasteiger partial charge in [-0.1, -0.05) is 23.8 Å². The summed E-state index contributed by atoms with van der Waals surface area (Å²) in [4.78, 5) is 23.0. The number of carbonyl (C=O) groups excluding carboxylic acids is 1. The average Bonchev–Trinajstić information content (AvgIpc) is 3.33. The summed E-state index contributed by atoms with van der Waals surface area (Å²) in [7, 11) is 0. The largest absolute Gasteiger partial charge is 0.488 e. The van der Waals surface area contributed by atoms with E-state index < -0.39 is 17.9 Å². The molecule has 3 rings (SSSR count). The molecular formula is C24H31ClO7. The lowest BCUT2D eigenvalue weighted by atomic mass is 9.86. The Bertz CT molecular complexity index is 786. The molecule has 1 saturated carbocycles. The standard InChI is InChI=1S/C24H31ClO7/c25-17-7-9-18(10-8-17)30-16-24(31-13-14-32-24)12-11-20-19(21(26)15-22(20)27)5-3-1-2-4-6-23(28)29/h1,3,7-10,19-20,22,27H,2,4-6,11-16H2,(H,28,29)/b3-1-/t19-,20-,22-/m1/s1. The third kappa shape index (κ3) is 7.04. The number of unbranched alkanes of at least 4 members (excludes halogenated alkanes) is 1. The number of Topliss-reactive ketones (excluding diaryl/α,β-unsaturated/α-hetero) is 1. The van der Waals surface area contributed by atoms with Gasteiger partial charge >= 0.3 is 5.97 Å². The molecule has 2 fully saturated rings. The molecule has 1 saturated heterocycles. The van der Waals surface area contributed by atoms with Crippen molar-refractivity contribution in [3.63, 3.8) is 0 Å². The van der Waals surface area contributed by atoms with Crippen molar-refractivity contribution in [2.24, 2.45) is 11.8 Å². The van der Waals surface area contributed by atoms with Crippen LogP contribution in [0, 0.1) is 11.8 Å². The fraction of sp³-hybridized carbons (Fsp3) is 0.583. The molecule has 0 amide bonds. The van der Waals surface area contributed by atoms with Crippen molar-refractivity contribution in [1.29, 1.82) is 0 Å². The van der Waals surface area contributed by atoms with Gasteiger partial charge in [0.15, 0.2) is 0 Å². The molecule has 1 aliphatic heterocycles. The number of hydrogen-bond acceptors (Lipinski definition) is 6. The van der Waals surface area contributed by atoms with Gasteiger partial charge in [-0.3, -0.25) is 9.59 Å². The Hall–Kier alpha value is -1.93. The van der Waals surface area contributed by atoms with Crippen LogP contribution in [0.15, 0.2) is 36.4 Å². The third-order valence-corrected chi connectivity index (χ3v) is 6.35. The van der Waals surface area contributed by atoms with Gasteiger partial charge in [0, 0.05) is 30.2 Å². The van der Waals surface area contributed by atoms with E-state index in [-0.39, 0.29) is 37.1 Å². The average molecular weight is 467 g/mol. The first kappa shape index (κ1) is 24.7. The molecule has 3 atom stereocenters. The van der Waals surface area contributed by atoms with Crippen molar-refractivity contribution in [1.82, 2.24) is 0 Å². The van der Waals surface area contributed by atoms with E-state index in [0.29, 0.717) is 56.1 Å². The molecule has 1 heterocycles. The number of allylic oxidation sites excluding steroid dienone is 2. The van der Waals surface area contributed by atoms with Crippen LogP contribution in [0.1, 0.15) is 44.9 Å². The van der Waals surface area contributed by atoms with Gasteiger partial charge in [-0.05, 0) is 55.9 Å². The molecule has 176 valence electrons. The first-order chi connectivity index (χ1) is 15.4. The summed E-state index contributed by atoms with van der Waals surface area (Å²) in [6.07, 6.45) is 6.33. The number of carboxylic acids is 1. The zero-order valence-corrected chi connectivity index (χ0v) is 18.8. The molecule has 0 unspecified atom stereocenters. The number of carbonyl (C=O) groups is 2. The van der Waals surface area contributed by atoms with Crippen LogP contribution in [0.3, 0.4) is 0 Å². The number of rotatable bonds is 12. The quantitative estimate of drug-likeness (QED) is 0.354. The summed E-state index contributed by atoms with van der Waals surface area (Å²) in [6.45, 7) is 1.15. The van der Waals surface area contributed by atoms with E-state index in [2.05, 4.69) is 0 Å². The van der Waals surface area contributed by atoms with Crippen molar-refractivity contribution in [3.05, 3.63) is 41.4 Å². The molecule has 0 aromatic heterocycles. The molecule has 0 radical (unpaired) electrons. The number of ketones is 1. The highest BCUT2D eigenvalue weighted by Gasteiger charge is 2.44. The molecule has 0 spiro atoms. The second-order valence-corrected chi connectivity index (χ2v) is 8.83. The number of carboxylic acid groups (broad SMARTS) is 1. The van der Waals surface area contributed by atoms with E-state index in [9.17, 15) is 14.7 Å². The lowest BCUT2D eigenvalue weighted by molar-refractivity contribution is -0.185. The zero-order chi connectivity index (χ0) is 23.0. The summed E-state index contributed by atoms with van der Waals surface area (Å²) in [5, 5.41) is 19.8. The van der Waals surface area contributed by atoms with Gasteiger partial charge in [0.1, 0.15) is 18.1 Å². The van der Waals surface area contributed by atoms with Gasteiger partial charge in [0.2, 0.25) is 5.79 Å². The molecule has 0 bridgehead atoms. The van der Waals surface area contributed by atoms with E-state index in [4.69, 9.17) is 30.9 Å². The Kier molecular flexibility index (Phi) is 9.11. The molecule has 32 heavy (non-hydrogen) atoms. The first-order valence-electron chi connectivity index (χ1n) is 11.1. The lowest BCUT2D eigenvalue weighted by Crippen LogP contribution is -2.38. The maximum atomic E-state index is 12.4. The van der Waals surface area contributed by atoms with Gasteiger partial charge in [-0.2, -0.15) is 0 Å². The monoisotopic (exact) mass is 466 g/mol. The zero-order valence-electron chi connectivity index (χ0n) is 18.1. The molecule has 1 aromatic rings. The Morgan fingerprint density at radius 3 is 2.62 bits per heavy atom. The third-order valence-electron chi connectivity index (χ3n) is 6.10. The van der Waals surface area contributed by atoms with Gasteiger partial charge < -0.3 is 24.4 Å². The lowest BCUT2D eigenvalue weighted by Gasteiger charge is -2.30. The topological polar surface area (TPSA) is 102 Å². The SMILES string of the molecule is O=C(O)CCC/C=C\C[C@H]1C(=O)C[C@@H](O)[C@@H]1CCC1(COc2ccc(Cl)cc2)OCCO1. The van der Waals surface area contributed by atoms with E-state index in [0.717, 1.165) is 0 Å². The maximum absolute atomic E-state index is 12.4. The van der Waals surface area contributed by atoms with Gasteiger partial charge in [0.05, 0.1) is 19.3 Å². The molecule has 7 nitrogen and oxygen atoms in total. The van der Waals surface area contributed by atoms with E-state index >= 15 is 0 Å². The molecular weight excluding hydrogens is 436 g/mol. The molecule has 2 aliphatic rings. The summed E-state index contributed by atoms with van der Waals surface area (Å²) in [5.41, 5.74) is 0. The Balaban J connectivity index is 1.53. The smallest absolute Gasteiger partial charge is 0.303 e. The number of halogens is 1. The second-order valence-electron chi connectivity index (χ2n) is 8.39. The predicted octanol–water partition coefficient (Wildman–Crippen LogP) is 4.01. The van der Waals surface area contributed by atoms with Crippen molar-refractivity contribution >= 4 is 23.4 Å². The maximum Gasteiger partial charge on any atom is 0.303 e. The highest BCUT2D eigenvalue weighted by atomic mass is 35.5. The Morgan fingerprint density at radius 2 is 1.94 bits per heavy atom. The van der Waals surface area contributed by atoms with Crippen molar-refractivity contribution in [2.45, 2.75) is 56.8 Å². The van der Waals surface area contributed by atoms with Crippen LogP contribution in [0.4, 0.5) is 0 Å². The van der Waals surface area contributed by atoms with Crippen LogP contribution in [-0.2, 0) is 19.1 Å². The van der Waals surface area contributed by atoms with Gasteiger partial charge in [-0.15, -0.1) is 0 Å². The normalized spacial score (nSPS) is 24.9. The van der Waals surface area contributed by atoms with Crippen LogP contribution in [0.25, 0.3) is 0 Å². The van der Waals surface area contributed by atoms with Gasteiger partial charge in [-0.25, -0.2) is 0 Å². The fourth-order valence-corrected chi connectivity index (χ4v) is 4.48. The van der Waals surface area contributed by atoms with Crippen LogP contribution in [0.5, 0.6) is 5.75 Å². The van der Waals surface area contributed by atoms with E-state index in [1.165, 1.54) is 0 Å². The first-order valence-corrected chi connectivity index (χ1v) is 11.5. The minimum Gasteiger partial charge on any atom is -0.488 e. The van der Waals surface area contributed by atoms with Crippen molar-refractivity contribution in [2.75, 3.05) is 19.8 Å². The minimum absolute atomic E-state index is 0.0670. The van der Waals surface area contributed by atoms with Gasteiger partial charge in [0.25, 0.3) is 0 Å². The Morgan fingerprint density at radius 1 is 1.22 bits per heavy atom. The summed E-state index contributed by atoms with van der Waals surface area (Å²) >= 11 is 5.92. The number of aliphatic carboxylic acids is 1. The molecule has 1 aliphatic carbocycles. The van der Waals surface area contributed by atoms with Crippen molar-refractivity contribution < 1.29 is 34.0 Å². The van der Waals surface area contributed by atoms with Crippen LogP contribution in [0.2, 0.25) is 5.02 Å². The predicted molar refractivity (Wildman–Crippen MR) is 119 cm³/mol. The summed E-state index contributed by atoms with van der Waals surface area (Å²) in [5.74, 6) is -1.41. The van der Waals surface area contributed by atoms with Crippen LogP contribution < -0.4 is 4.74 Å². The number of benzene rings is 1. The number of ether oxygens (including phenoxy) is 3. The van der Waals surface area contributed by atoms with Crippen LogP contribution in [-0.4, -0.2) is 53.7 Å². The Labute approximate surface area is 193 Å². The van der Waals surface area contributed by atoms with Crippen LogP contribution >= 0.6 is 11.6 Å². The van der Waals surface area contributed by atoms with E-state index in [1.807, 2.05) is 12.2 Å². The second kappa shape index (κ2) is 11.8. The summed E-state index contributed by atoms with van der Waals surface area (Å²) in [6, 6.07) is 7.06. The number of aliphatic hydroxyl groups is 1. The number of hydrogen-bond donors (Lipinski definition) is 2. The summed E-state index contributed by atoms with van der Waals surface area (Å²) < 4.78 is 17.6. The molecule has 8 heteroatoms. The van der Waals surface area contributed by atoms with E-state index in [1.54, 1.807) is 24.3 Å². The highest BCUT2D eigenvalue weighted by molar-refractivity contribution is 6.30. The fourth-order valence-electron chi connectivity index (χ4n) is 4.35. The van der Waals surface area contributed by atoms with Crippen molar-refractivity contribution in [3.8, 4) is 5.75 Å². The highest BCUT2D eigenvalue weighted by Crippen LogP contribution is 2.38.